The molecule has 0 spiro atoms. The van der Waals surface area contributed by atoms with Crippen molar-refractivity contribution in [1.82, 2.24) is 9.21 Å². The first-order valence-corrected chi connectivity index (χ1v) is 9.93. The molecule has 6 nitrogen and oxygen atoms in total. The van der Waals surface area contributed by atoms with E-state index < -0.39 is 10.0 Å². The zero-order chi connectivity index (χ0) is 17.2. The van der Waals surface area contributed by atoms with E-state index in [-0.39, 0.29) is 21.7 Å². The van der Waals surface area contributed by atoms with E-state index >= 15 is 0 Å². The van der Waals surface area contributed by atoms with Gasteiger partial charge in [0, 0.05) is 32.1 Å². The van der Waals surface area contributed by atoms with Crippen molar-refractivity contribution in [2.75, 3.05) is 39.4 Å². The van der Waals surface area contributed by atoms with Crippen molar-refractivity contribution in [2.24, 2.45) is 5.92 Å². The predicted octanol–water partition coefficient (Wildman–Crippen LogP) is 1.60. The summed E-state index contributed by atoms with van der Waals surface area (Å²) >= 11 is 6.03. The van der Waals surface area contributed by atoms with Gasteiger partial charge in [0.2, 0.25) is 15.9 Å². The highest BCUT2D eigenvalue weighted by Gasteiger charge is 2.34. The monoisotopic (exact) mass is 372 g/mol. The quantitative estimate of drug-likeness (QED) is 0.808. The molecular weight excluding hydrogens is 352 g/mol. The van der Waals surface area contributed by atoms with Crippen LogP contribution in [0.15, 0.2) is 29.2 Å². The van der Waals surface area contributed by atoms with Gasteiger partial charge in [-0.05, 0) is 25.0 Å². The van der Waals surface area contributed by atoms with Crippen LogP contribution >= 0.6 is 11.6 Å². The molecule has 0 atom stereocenters. The average Bonchev–Trinajstić information content (AvgIpc) is 2.62. The van der Waals surface area contributed by atoms with Crippen LogP contribution in [0.1, 0.15) is 12.8 Å². The second kappa shape index (κ2) is 7.39. The van der Waals surface area contributed by atoms with Crippen molar-refractivity contribution >= 4 is 27.5 Å². The minimum Gasteiger partial charge on any atom is -0.378 e. The second-order valence-electron chi connectivity index (χ2n) is 6.05. The number of amides is 1. The van der Waals surface area contributed by atoms with Crippen molar-refractivity contribution in [1.29, 1.82) is 0 Å². The Kier molecular flexibility index (Phi) is 5.44. The largest absolute Gasteiger partial charge is 0.378 e. The number of morpholine rings is 1. The molecule has 2 heterocycles. The van der Waals surface area contributed by atoms with Crippen LogP contribution in [0.4, 0.5) is 0 Å². The Morgan fingerprint density at radius 1 is 1.08 bits per heavy atom. The van der Waals surface area contributed by atoms with E-state index in [9.17, 15) is 13.2 Å². The lowest BCUT2D eigenvalue weighted by Crippen LogP contribution is -2.47. The smallest absolute Gasteiger partial charge is 0.244 e. The van der Waals surface area contributed by atoms with Gasteiger partial charge in [-0.15, -0.1) is 0 Å². The summed E-state index contributed by atoms with van der Waals surface area (Å²) in [6.07, 6.45) is 1.08. The van der Waals surface area contributed by atoms with Crippen LogP contribution in [0, 0.1) is 5.92 Å². The molecule has 0 bridgehead atoms. The summed E-state index contributed by atoms with van der Waals surface area (Å²) in [6, 6.07) is 6.45. The van der Waals surface area contributed by atoms with Gasteiger partial charge in [0.05, 0.1) is 18.2 Å². The van der Waals surface area contributed by atoms with Crippen LogP contribution in [0.5, 0.6) is 0 Å². The first kappa shape index (κ1) is 17.7. The summed E-state index contributed by atoms with van der Waals surface area (Å²) in [5.74, 6) is 0.00823. The van der Waals surface area contributed by atoms with Crippen molar-refractivity contribution in [3.8, 4) is 0 Å². The fourth-order valence-corrected chi connectivity index (χ4v) is 5.14. The molecule has 132 valence electrons. The first-order chi connectivity index (χ1) is 11.5. The third-order valence-corrected chi connectivity index (χ3v) is 6.98. The molecule has 0 radical (unpaired) electrons. The number of halogens is 1. The Balaban J connectivity index is 1.64. The highest BCUT2D eigenvalue weighted by atomic mass is 35.5. The van der Waals surface area contributed by atoms with Crippen LogP contribution in [0.25, 0.3) is 0 Å². The highest BCUT2D eigenvalue weighted by Crippen LogP contribution is 2.28. The maximum Gasteiger partial charge on any atom is 0.244 e. The van der Waals surface area contributed by atoms with Crippen molar-refractivity contribution < 1.29 is 17.9 Å². The standard InChI is InChI=1S/C16H21ClN2O4S/c17-14-3-1-2-4-15(14)24(21,22)19-7-5-13(6-8-19)16(20)18-9-11-23-12-10-18/h1-4,13H,5-12H2. The lowest BCUT2D eigenvalue weighted by molar-refractivity contribution is -0.140. The molecule has 3 rings (SSSR count). The van der Waals surface area contributed by atoms with Gasteiger partial charge in [-0.1, -0.05) is 23.7 Å². The highest BCUT2D eigenvalue weighted by molar-refractivity contribution is 7.89. The van der Waals surface area contributed by atoms with Crippen molar-refractivity contribution in [3.05, 3.63) is 29.3 Å². The normalized spacial score (nSPS) is 21.0. The molecule has 0 unspecified atom stereocenters. The Morgan fingerprint density at radius 3 is 2.33 bits per heavy atom. The molecule has 0 aromatic heterocycles. The van der Waals surface area contributed by atoms with Gasteiger partial charge in [0.15, 0.2) is 0 Å². The Labute approximate surface area is 147 Å². The number of sulfonamides is 1. The molecule has 1 amide bonds. The molecule has 2 saturated heterocycles. The molecule has 0 N–H and O–H groups in total. The van der Waals surface area contributed by atoms with Crippen LogP contribution in [0.3, 0.4) is 0 Å². The van der Waals surface area contributed by atoms with E-state index in [1.807, 2.05) is 4.90 Å². The number of hydrogen-bond acceptors (Lipinski definition) is 4. The topological polar surface area (TPSA) is 66.9 Å². The number of nitrogens with zero attached hydrogens (tertiary/aromatic N) is 2. The molecular formula is C16H21ClN2O4S. The molecule has 2 fully saturated rings. The van der Waals surface area contributed by atoms with Gasteiger partial charge in [0.1, 0.15) is 4.90 Å². The maximum absolute atomic E-state index is 12.7. The molecule has 1 aromatic carbocycles. The van der Waals surface area contributed by atoms with Crippen LogP contribution in [0.2, 0.25) is 5.02 Å². The van der Waals surface area contributed by atoms with E-state index in [1.165, 1.54) is 10.4 Å². The minimum absolute atomic E-state index is 0.110. The minimum atomic E-state index is -3.61. The maximum atomic E-state index is 12.7. The van der Waals surface area contributed by atoms with Gasteiger partial charge >= 0.3 is 0 Å². The summed E-state index contributed by atoms with van der Waals surface area (Å²) in [5.41, 5.74) is 0. The van der Waals surface area contributed by atoms with E-state index in [0.717, 1.165) is 0 Å². The number of carbonyl (C=O) groups is 1. The van der Waals surface area contributed by atoms with Gasteiger partial charge in [0.25, 0.3) is 0 Å². The number of ether oxygens (including phenoxy) is 1. The van der Waals surface area contributed by atoms with Crippen LogP contribution in [-0.4, -0.2) is 62.9 Å². The second-order valence-corrected chi connectivity index (χ2v) is 8.36. The first-order valence-electron chi connectivity index (χ1n) is 8.11. The van der Waals surface area contributed by atoms with Gasteiger partial charge in [-0.3, -0.25) is 4.79 Å². The Morgan fingerprint density at radius 2 is 1.71 bits per heavy atom. The van der Waals surface area contributed by atoms with E-state index in [4.69, 9.17) is 16.3 Å². The lowest BCUT2D eigenvalue weighted by Gasteiger charge is -2.35. The molecule has 0 aliphatic carbocycles. The zero-order valence-electron chi connectivity index (χ0n) is 13.4. The predicted molar refractivity (Wildman–Crippen MR) is 90.3 cm³/mol. The number of benzene rings is 1. The van der Waals surface area contributed by atoms with Crippen molar-refractivity contribution in [3.63, 3.8) is 0 Å². The van der Waals surface area contributed by atoms with E-state index in [2.05, 4.69) is 0 Å². The molecule has 1 aromatic rings. The van der Waals surface area contributed by atoms with Crippen molar-refractivity contribution in [2.45, 2.75) is 17.7 Å². The molecule has 24 heavy (non-hydrogen) atoms. The third kappa shape index (κ3) is 3.59. The molecule has 0 saturated carbocycles. The summed E-state index contributed by atoms with van der Waals surface area (Å²) in [7, 11) is -3.61. The number of hydrogen-bond donors (Lipinski definition) is 0. The fourth-order valence-electron chi connectivity index (χ4n) is 3.18. The lowest BCUT2D eigenvalue weighted by atomic mass is 9.96. The Bertz CT molecular complexity index is 696. The SMILES string of the molecule is O=C(C1CCN(S(=O)(=O)c2ccccc2Cl)CC1)N1CCOCC1. The number of carbonyl (C=O) groups excluding carboxylic acids is 1. The number of piperidine rings is 1. The van der Waals surface area contributed by atoms with Crippen LogP contribution < -0.4 is 0 Å². The fraction of sp³-hybridized carbons (Fsp3) is 0.562. The van der Waals surface area contributed by atoms with Crippen LogP contribution in [-0.2, 0) is 19.6 Å². The van der Waals surface area contributed by atoms with E-state index in [0.29, 0.717) is 52.2 Å². The Hall–Kier alpha value is -1.15. The number of rotatable bonds is 3. The summed E-state index contributed by atoms with van der Waals surface area (Å²) in [4.78, 5) is 14.5. The zero-order valence-corrected chi connectivity index (χ0v) is 14.9. The summed E-state index contributed by atoms with van der Waals surface area (Å²) in [6.45, 7) is 3.08. The summed E-state index contributed by atoms with van der Waals surface area (Å²) in [5, 5.41) is 0.226. The van der Waals surface area contributed by atoms with Gasteiger partial charge in [-0.2, -0.15) is 4.31 Å². The van der Waals surface area contributed by atoms with Gasteiger partial charge in [-0.25, -0.2) is 8.42 Å². The van der Waals surface area contributed by atoms with Gasteiger partial charge < -0.3 is 9.64 Å². The molecule has 2 aliphatic rings. The third-order valence-electron chi connectivity index (χ3n) is 4.58. The average molecular weight is 373 g/mol. The molecule has 8 heteroatoms. The molecule has 2 aliphatic heterocycles. The summed E-state index contributed by atoms with van der Waals surface area (Å²) < 4.78 is 32.1. The van der Waals surface area contributed by atoms with E-state index in [1.54, 1.807) is 18.2 Å².